The van der Waals surface area contributed by atoms with Gasteiger partial charge in [-0.1, -0.05) is 12.1 Å². The second kappa shape index (κ2) is 8.76. The average Bonchev–Trinajstić information content (AvgIpc) is 2.67. The maximum absolute atomic E-state index is 6.04. The van der Waals surface area contributed by atoms with Crippen LogP contribution in [0.3, 0.4) is 0 Å². The Labute approximate surface area is 159 Å². The van der Waals surface area contributed by atoms with Gasteiger partial charge in [-0.15, -0.1) is 0 Å². The van der Waals surface area contributed by atoms with Crippen LogP contribution in [0.25, 0.3) is 0 Å². The predicted octanol–water partition coefficient (Wildman–Crippen LogP) is 3.94. The van der Waals surface area contributed by atoms with E-state index in [1.807, 2.05) is 55.5 Å². The molecule has 0 aromatic heterocycles. The van der Waals surface area contributed by atoms with E-state index >= 15 is 0 Å². The van der Waals surface area contributed by atoms with Crippen molar-refractivity contribution < 1.29 is 14.2 Å². The first kappa shape index (κ1) is 18.3. The van der Waals surface area contributed by atoms with Crippen LogP contribution in [0.15, 0.2) is 48.5 Å². The third-order valence-corrected chi connectivity index (χ3v) is 4.44. The van der Waals surface area contributed by atoms with E-state index in [0.717, 1.165) is 29.5 Å². The van der Waals surface area contributed by atoms with Crippen LogP contribution in [0.4, 0.5) is 5.69 Å². The van der Waals surface area contributed by atoms with Gasteiger partial charge in [0.1, 0.15) is 12.4 Å². The number of likely N-dealkylation sites (N-methyl/N-ethyl adjacent to an activating group) is 1. The van der Waals surface area contributed by atoms with Gasteiger partial charge in [0.15, 0.2) is 22.7 Å². The fourth-order valence-corrected chi connectivity index (χ4v) is 3.08. The summed E-state index contributed by atoms with van der Waals surface area (Å²) in [6.07, 6.45) is -0.0649. The molecule has 0 spiro atoms. The lowest BCUT2D eigenvalue weighted by atomic mass is 10.2. The van der Waals surface area contributed by atoms with Crippen LogP contribution < -0.4 is 19.5 Å². The van der Waals surface area contributed by atoms with Crippen LogP contribution in [-0.4, -0.2) is 42.4 Å². The predicted molar refractivity (Wildman–Crippen MR) is 107 cm³/mol. The van der Waals surface area contributed by atoms with Crippen molar-refractivity contribution in [2.24, 2.45) is 0 Å². The molecule has 5 nitrogen and oxygen atoms in total. The Bertz CT molecular complexity index is 736. The molecule has 0 saturated heterocycles. The molecule has 2 aromatic carbocycles. The van der Waals surface area contributed by atoms with Gasteiger partial charge in [-0.25, -0.2) is 0 Å². The first-order valence-corrected chi connectivity index (χ1v) is 9.27. The van der Waals surface area contributed by atoms with Gasteiger partial charge in [-0.3, -0.25) is 0 Å². The Morgan fingerprint density at radius 1 is 1.15 bits per heavy atom. The summed E-state index contributed by atoms with van der Waals surface area (Å²) in [4.78, 5) is 2.08. The monoisotopic (exact) mass is 372 g/mol. The molecule has 138 valence electrons. The standard InChI is InChI=1S/C20H24N2O3S/c1-3-22(13-17-14-24-18-7-5-6-8-19(18)25-17)20(26)21-15-9-11-16(12-10-15)23-4-2/h5-12,17H,3-4,13-14H2,1-2H3,(H,21,26). The van der Waals surface area contributed by atoms with Crippen molar-refractivity contribution in [1.29, 1.82) is 0 Å². The minimum atomic E-state index is -0.0649. The number of para-hydroxylation sites is 2. The molecule has 0 bridgehead atoms. The Kier molecular flexibility index (Phi) is 6.17. The van der Waals surface area contributed by atoms with E-state index in [1.54, 1.807) is 0 Å². The van der Waals surface area contributed by atoms with Gasteiger partial charge >= 0.3 is 0 Å². The number of hydrogen-bond donors (Lipinski definition) is 1. The smallest absolute Gasteiger partial charge is 0.173 e. The zero-order valence-corrected chi connectivity index (χ0v) is 15.9. The van der Waals surface area contributed by atoms with E-state index < -0.39 is 0 Å². The molecule has 1 unspecified atom stereocenters. The van der Waals surface area contributed by atoms with Crippen molar-refractivity contribution in [1.82, 2.24) is 4.90 Å². The summed E-state index contributed by atoms with van der Waals surface area (Å²) in [5.74, 6) is 2.43. The van der Waals surface area contributed by atoms with Crippen molar-refractivity contribution in [2.75, 3.05) is 31.6 Å². The van der Waals surface area contributed by atoms with Gasteiger partial charge in [0.2, 0.25) is 0 Å². The van der Waals surface area contributed by atoms with Gasteiger partial charge in [-0.2, -0.15) is 0 Å². The maximum Gasteiger partial charge on any atom is 0.173 e. The van der Waals surface area contributed by atoms with Crippen LogP contribution >= 0.6 is 12.2 Å². The van der Waals surface area contributed by atoms with Crippen molar-refractivity contribution in [3.63, 3.8) is 0 Å². The van der Waals surface area contributed by atoms with Gasteiger partial charge < -0.3 is 24.4 Å². The number of hydrogen-bond acceptors (Lipinski definition) is 4. The van der Waals surface area contributed by atoms with Crippen molar-refractivity contribution in [3.8, 4) is 17.2 Å². The van der Waals surface area contributed by atoms with E-state index in [0.29, 0.717) is 24.9 Å². The largest absolute Gasteiger partial charge is 0.494 e. The minimum Gasteiger partial charge on any atom is -0.494 e. The van der Waals surface area contributed by atoms with Crippen LogP contribution in [0.1, 0.15) is 13.8 Å². The molecule has 6 heteroatoms. The summed E-state index contributed by atoms with van der Waals surface area (Å²) in [6, 6.07) is 15.5. The van der Waals surface area contributed by atoms with Crippen LogP contribution in [0, 0.1) is 0 Å². The Hall–Kier alpha value is -2.47. The molecule has 0 saturated carbocycles. The highest BCUT2D eigenvalue weighted by molar-refractivity contribution is 7.80. The van der Waals surface area contributed by atoms with Crippen molar-refractivity contribution in [2.45, 2.75) is 20.0 Å². The fraction of sp³-hybridized carbons (Fsp3) is 0.350. The second-order valence-electron chi connectivity index (χ2n) is 5.92. The lowest BCUT2D eigenvalue weighted by molar-refractivity contribution is 0.0754. The molecular formula is C20H24N2O3S. The number of rotatable bonds is 6. The lowest BCUT2D eigenvalue weighted by Gasteiger charge is -2.32. The first-order chi connectivity index (χ1) is 12.7. The summed E-state index contributed by atoms with van der Waals surface area (Å²) in [7, 11) is 0. The molecule has 1 atom stereocenters. The maximum atomic E-state index is 6.04. The van der Waals surface area contributed by atoms with E-state index in [4.69, 9.17) is 26.4 Å². The fourth-order valence-electron chi connectivity index (χ4n) is 2.76. The third kappa shape index (κ3) is 4.58. The molecule has 0 aliphatic carbocycles. The molecule has 3 rings (SSSR count). The summed E-state index contributed by atoms with van der Waals surface area (Å²) in [5, 5.41) is 3.94. The lowest BCUT2D eigenvalue weighted by Crippen LogP contribution is -2.45. The number of anilines is 1. The summed E-state index contributed by atoms with van der Waals surface area (Å²) in [6.45, 7) is 6.65. The molecule has 1 aliphatic rings. The number of nitrogens with one attached hydrogen (secondary N) is 1. The molecule has 2 aromatic rings. The quantitative estimate of drug-likeness (QED) is 0.775. The van der Waals surface area contributed by atoms with Crippen LogP contribution in [-0.2, 0) is 0 Å². The summed E-state index contributed by atoms with van der Waals surface area (Å²) >= 11 is 5.57. The first-order valence-electron chi connectivity index (χ1n) is 8.87. The molecule has 1 heterocycles. The molecule has 0 amide bonds. The zero-order valence-electron chi connectivity index (χ0n) is 15.1. The molecule has 0 radical (unpaired) electrons. The number of fused-ring (bicyclic) bond motifs is 1. The van der Waals surface area contributed by atoms with E-state index in [1.165, 1.54) is 0 Å². The van der Waals surface area contributed by atoms with Gasteiger partial charge in [0.05, 0.1) is 13.2 Å². The summed E-state index contributed by atoms with van der Waals surface area (Å²) in [5.41, 5.74) is 0.933. The zero-order chi connectivity index (χ0) is 18.4. The van der Waals surface area contributed by atoms with E-state index in [-0.39, 0.29) is 6.10 Å². The number of benzene rings is 2. The number of ether oxygens (including phenoxy) is 3. The second-order valence-corrected chi connectivity index (χ2v) is 6.31. The van der Waals surface area contributed by atoms with Crippen molar-refractivity contribution >= 4 is 23.0 Å². The van der Waals surface area contributed by atoms with Gasteiger partial charge in [0.25, 0.3) is 0 Å². The Morgan fingerprint density at radius 2 is 1.88 bits per heavy atom. The highest BCUT2D eigenvalue weighted by Gasteiger charge is 2.23. The average molecular weight is 372 g/mol. The van der Waals surface area contributed by atoms with Crippen LogP contribution in [0.2, 0.25) is 0 Å². The Balaban J connectivity index is 1.57. The summed E-state index contributed by atoms with van der Waals surface area (Å²) < 4.78 is 17.3. The van der Waals surface area contributed by atoms with E-state index in [2.05, 4.69) is 17.1 Å². The Morgan fingerprint density at radius 3 is 2.58 bits per heavy atom. The third-order valence-electron chi connectivity index (χ3n) is 4.08. The molecule has 0 fully saturated rings. The van der Waals surface area contributed by atoms with Gasteiger partial charge in [0, 0.05) is 12.2 Å². The van der Waals surface area contributed by atoms with Gasteiger partial charge in [-0.05, 0) is 62.5 Å². The number of nitrogens with zero attached hydrogens (tertiary/aromatic N) is 1. The molecular weight excluding hydrogens is 348 g/mol. The molecule has 1 N–H and O–H groups in total. The van der Waals surface area contributed by atoms with E-state index in [9.17, 15) is 0 Å². The topological polar surface area (TPSA) is 43.0 Å². The molecule has 26 heavy (non-hydrogen) atoms. The SMILES string of the molecule is CCOc1ccc(NC(=S)N(CC)CC2COc3ccccc3O2)cc1. The normalized spacial score (nSPS) is 15.2. The van der Waals surface area contributed by atoms with Crippen LogP contribution in [0.5, 0.6) is 17.2 Å². The number of thiocarbonyl (C=S) groups is 1. The molecule has 1 aliphatic heterocycles. The van der Waals surface area contributed by atoms with Crippen molar-refractivity contribution in [3.05, 3.63) is 48.5 Å². The highest BCUT2D eigenvalue weighted by Crippen LogP contribution is 2.31. The minimum absolute atomic E-state index is 0.0649. The highest BCUT2D eigenvalue weighted by atomic mass is 32.1.